The van der Waals surface area contributed by atoms with Crippen molar-refractivity contribution in [3.8, 4) is 0 Å². The third-order valence-electron chi connectivity index (χ3n) is 4.13. The van der Waals surface area contributed by atoms with Crippen LogP contribution in [-0.4, -0.2) is 53.9 Å². The van der Waals surface area contributed by atoms with Crippen LogP contribution >= 0.6 is 0 Å². The van der Waals surface area contributed by atoms with Gasteiger partial charge in [0, 0.05) is 39.8 Å². The van der Waals surface area contributed by atoms with Crippen LogP contribution in [0.1, 0.15) is 16.1 Å². The molecule has 0 saturated carbocycles. The standard InChI is InChI=1S/C18H22N4O/c1-19-17-9-5-8-16(20-17)18(23)22-12-10-21(11-13-22)14-15-6-3-2-4-7-15/h2-9H,10-14H2,1H3,(H,19,20). The number of carbonyl (C=O) groups excluding carboxylic acids is 1. The van der Waals surface area contributed by atoms with Crippen molar-refractivity contribution >= 4 is 11.7 Å². The molecule has 0 atom stereocenters. The Morgan fingerprint density at radius 3 is 2.48 bits per heavy atom. The third kappa shape index (κ3) is 3.87. The predicted molar refractivity (Wildman–Crippen MR) is 91.4 cm³/mol. The van der Waals surface area contributed by atoms with E-state index < -0.39 is 0 Å². The molecular formula is C18H22N4O. The third-order valence-corrected chi connectivity index (χ3v) is 4.13. The second-order valence-electron chi connectivity index (χ2n) is 5.71. The number of amides is 1. The maximum Gasteiger partial charge on any atom is 0.272 e. The Labute approximate surface area is 136 Å². The van der Waals surface area contributed by atoms with Crippen LogP contribution in [0.5, 0.6) is 0 Å². The molecule has 1 aromatic heterocycles. The van der Waals surface area contributed by atoms with Crippen LogP contribution in [0, 0.1) is 0 Å². The monoisotopic (exact) mass is 310 g/mol. The van der Waals surface area contributed by atoms with Gasteiger partial charge in [-0.05, 0) is 17.7 Å². The minimum atomic E-state index is 0.0152. The number of pyridine rings is 1. The van der Waals surface area contributed by atoms with Gasteiger partial charge in [0.2, 0.25) is 0 Å². The van der Waals surface area contributed by atoms with Crippen molar-refractivity contribution < 1.29 is 4.79 Å². The lowest BCUT2D eigenvalue weighted by Gasteiger charge is -2.34. The largest absolute Gasteiger partial charge is 0.373 e. The van der Waals surface area contributed by atoms with Gasteiger partial charge in [-0.1, -0.05) is 36.4 Å². The highest BCUT2D eigenvalue weighted by Crippen LogP contribution is 2.12. The molecular weight excluding hydrogens is 288 g/mol. The fraction of sp³-hybridized carbons (Fsp3) is 0.333. The smallest absolute Gasteiger partial charge is 0.272 e. The summed E-state index contributed by atoms with van der Waals surface area (Å²) >= 11 is 0. The average molecular weight is 310 g/mol. The molecule has 1 aliphatic rings. The molecule has 0 radical (unpaired) electrons. The van der Waals surface area contributed by atoms with Gasteiger partial charge >= 0.3 is 0 Å². The van der Waals surface area contributed by atoms with E-state index in [-0.39, 0.29) is 5.91 Å². The topological polar surface area (TPSA) is 48.5 Å². The van der Waals surface area contributed by atoms with Gasteiger partial charge in [-0.15, -0.1) is 0 Å². The van der Waals surface area contributed by atoms with E-state index in [2.05, 4.69) is 39.5 Å². The number of carbonyl (C=O) groups is 1. The second-order valence-corrected chi connectivity index (χ2v) is 5.71. The number of hydrogen-bond donors (Lipinski definition) is 1. The normalized spacial score (nSPS) is 15.4. The summed E-state index contributed by atoms with van der Waals surface area (Å²) in [4.78, 5) is 21.2. The maximum absolute atomic E-state index is 12.5. The molecule has 0 unspecified atom stereocenters. The lowest BCUT2D eigenvalue weighted by atomic mass is 10.2. The molecule has 0 bridgehead atoms. The molecule has 2 heterocycles. The minimum Gasteiger partial charge on any atom is -0.373 e. The fourth-order valence-electron chi connectivity index (χ4n) is 2.81. The van der Waals surface area contributed by atoms with Crippen LogP contribution in [0.15, 0.2) is 48.5 Å². The van der Waals surface area contributed by atoms with Crippen LogP contribution in [0.25, 0.3) is 0 Å². The number of nitrogens with zero attached hydrogens (tertiary/aromatic N) is 3. The van der Waals surface area contributed by atoms with Gasteiger partial charge in [-0.2, -0.15) is 0 Å². The maximum atomic E-state index is 12.5. The molecule has 0 spiro atoms. The van der Waals surface area contributed by atoms with Crippen molar-refractivity contribution in [3.05, 3.63) is 59.8 Å². The summed E-state index contributed by atoms with van der Waals surface area (Å²) in [5, 5.41) is 2.97. The Kier molecular flexibility index (Phi) is 4.88. The predicted octanol–water partition coefficient (Wildman–Crippen LogP) is 2.08. The van der Waals surface area contributed by atoms with E-state index in [0.29, 0.717) is 5.69 Å². The lowest BCUT2D eigenvalue weighted by molar-refractivity contribution is 0.0623. The summed E-state index contributed by atoms with van der Waals surface area (Å²) in [6.07, 6.45) is 0. The first-order valence-corrected chi connectivity index (χ1v) is 7.96. The second kappa shape index (κ2) is 7.24. The van der Waals surface area contributed by atoms with Crippen molar-refractivity contribution in [2.45, 2.75) is 6.54 Å². The summed E-state index contributed by atoms with van der Waals surface area (Å²) in [5.41, 5.74) is 1.82. The number of aromatic nitrogens is 1. The van der Waals surface area contributed by atoms with E-state index in [0.717, 1.165) is 38.5 Å². The van der Waals surface area contributed by atoms with Crippen LogP contribution in [0.3, 0.4) is 0 Å². The molecule has 120 valence electrons. The fourth-order valence-corrected chi connectivity index (χ4v) is 2.81. The Balaban J connectivity index is 1.57. The molecule has 5 nitrogen and oxygen atoms in total. The molecule has 1 saturated heterocycles. The summed E-state index contributed by atoms with van der Waals surface area (Å²) in [6.45, 7) is 4.23. The van der Waals surface area contributed by atoms with Gasteiger partial charge < -0.3 is 10.2 Å². The van der Waals surface area contributed by atoms with Crippen molar-refractivity contribution in [2.75, 3.05) is 38.5 Å². The molecule has 5 heteroatoms. The number of piperazine rings is 1. The molecule has 23 heavy (non-hydrogen) atoms. The zero-order valence-electron chi connectivity index (χ0n) is 13.4. The molecule has 1 aromatic carbocycles. The van der Waals surface area contributed by atoms with Gasteiger partial charge in [0.05, 0.1) is 0 Å². The quantitative estimate of drug-likeness (QED) is 0.939. The van der Waals surface area contributed by atoms with Crippen LogP contribution in [-0.2, 0) is 6.54 Å². The Bertz CT molecular complexity index is 651. The summed E-state index contributed by atoms with van der Waals surface area (Å²) in [6, 6.07) is 15.9. The Morgan fingerprint density at radius 2 is 1.78 bits per heavy atom. The van der Waals surface area contributed by atoms with Gasteiger partial charge in [0.1, 0.15) is 11.5 Å². The zero-order chi connectivity index (χ0) is 16.1. The highest BCUT2D eigenvalue weighted by atomic mass is 16.2. The number of anilines is 1. The van der Waals surface area contributed by atoms with Crippen molar-refractivity contribution in [1.82, 2.24) is 14.8 Å². The van der Waals surface area contributed by atoms with Gasteiger partial charge in [-0.3, -0.25) is 9.69 Å². The van der Waals surface area contributed by atoms with E-state index in [1.165, 1.54) is 5.56 Å². The van der Waals surface area contributed by atoms with Crippen molar-refractivity contribution in [2.24, 2.45) is 0 Å². The summed E-state index contributed by atoms with van der Waals surface area (Å²) in [7, 11) is 1.80. The van der Waals surface area contributed by atoms with E-state index in [1.54, 1.807) is 13.1 Å². The van der Waals surface area contributed by atoms with Crippen molar-refractivity contribution in [1.29, 1.82) is 0 Å². The zero-order valence-corrected chi connectivity index (χ0v) is 13.4. The number of benzene rings is 1. The lowest BCUT2D eigenvalue weighted by Crippen LogP contribution is -2.48. The Morgan fingerprint density at radius 1 is 1.04 bits per heavy atom. The van der Waals surface area contributed by atoms with Crippen molar-refractivity contribution in [3.63, 3.8) is 0 Å². The van der Waals surface area contributed by atoms with Crippen LogP contribution < -0.4 is 5.32 Å². The van der Waals surface area contributed by atoms with E-state index >= 15 is 0 Å². The SMILES string of the molecule is CNc1cccc(C(=O)N2CCN(Cc3ccccc3)CC2)n1. The molecule has 1 N–H and O–H groups in total. The molecule has 2 aromatic rings. The molecule has 1 fully saturated rings. The summed E-state index contributed by atoms with van der Waals surface area (Å²) < 4.78 is 0. The van der Waals surface area contributed by atoms with E-state index in [9.17, 15) is 4.79 Å². The molecule has 1 aliphatic heterocycles. The van der Waals surface area contributed by atoms with Crippen LogP contribution in [0.4, 0.5) is 5.82 Å². The number of rotatable bonds is 4. The first-order valence-electron chi connectivity index (χ1n) is 7.96. The number of nitrogens with one attached hydrogen (secondary N) is 1. The van der Waals surface area contributed by atoms with Gasteiger partial charge in [0.25, 0.3) is 5.91 Å². The van der Waals surface area contributed by atoms with E-state index in [4.69, 9.17) is 0 Å². The highest BCUT2D eigenvalue weighted by molar-refractivity contribution is 5.92. The average Bonchev–Trinajstić information content (AvgIpc) is 2.63. The van der Waals surface area contributed by atoms with Gasteiger partial charge in [-0.25, -0.2) is 4.98 Å². The molecule has 3 rings (SSSR count). The van der Waals surface area contributed by atoms with E-state index in [1.807, 2.05) is 23.1 Å². The Hall–Kier alpha value is -2.40. The van der Waals surface area contributed by atoms with Crippen LogP contribution in [0.2, 0.25) is 0 Å². The number of hydrogen-bond acceptors (Lipinski definition) is 4. The summed E-state index contributed by atoms with van der Waals surface area (Å²) in [5.74, 6) is 0.736. The first-order chi connectivity index (χ1) is 11.3. The molecule has 1 amide bonds. The molecule has 0 aliphatic carbocycles. The first kappa shape index (κ1) is 15.5. The highest BCUT2D eigenvalue weighted by Gasteiger charge is 2.23. The van der Waals surface area contributed by atoms with Gasteiger partial charge in [0.15, 0.2) is 0 Å². The minimum absolute atomic E-state index is 0.0152.